The van der Waals surface area contributed by atoms with Crippen LogP contribution in [0, 0.1) is 9.39 Å². The van der Waals surface area contributed by atoms with Gasteiger partial charge >= 0.3 is 0 Å². The van der Waals surface area contributed by atoms with Crippen LogP contribution in [-0.2, 0) is 11.4 Å². The molecule has 1 amide bonds. The molecule has 4 rings (SSSR count). The molecule has 0 unspecified atom stereocenters. The van der Waals surface area contributed by atoms with Crippen LogP contribution >= 0.6 is 22.6 Å². The van der Waals surface area contributed by atoms with E-state index in [4.69, 9.17) is 9.47 Å². The van der Waals surface area contributed by atoms with E-state index >= 15 is 0 Å². The quantitative estimate of drug-likeness (QED) is 0.257. The van der Waals surface area contributed by atoms with E-state index in [0.29, 0.717) is 29.4 Å². The second kappa shape index (κ2) is 10.2. The molecule has 3 aromatic carbocycles. The van der Waals surface area contributed by atoms with Crippen LogP contribution in [0.2, 0.25) is 0 Å². The Morgan fingerprint density at radius 2 is 1.85 bits per heavy atom. The molecular formula is C26H22FIN2O3. The molecule has 0 fully saturated rings. The lowest BCUT2D eigenvalue weighted by atomic mass is 10.1. The number of benzene rings is 3. The molecule has 0 bridgehead atoms. The number of ether oxygens (including phenoxy) is 2. The van der Waals surface area contributed by atoms with Crippen molar-refractivity contribution in [2.24, 2.45) is 5.10 Å². The summed E-state index contributed by atoms with van der Waals surface area (Å²) < 4.78 is 26.1. The third-order valence-corrected chi connectivity index (χ3v) is 5.78. The van der Waals surface area contributed by atoms with Crippen molar-refractivity contribution in [3.63, 3.8) is 0 Å². The van der Waals surface area contributed by atoms with E-state index in [2.05, 4.69) is 27.7 Å². The molecule has 7 heteroatoms. The van der Waals surface area contributed by atoms with Gasteiger partial charge in [-0.05, 0) is 90.0 Å². The minimum absolute atomic E-state index is 0.182. The molecular weight excluding hydrogens is 534 g/mol. The molecule has 0 spiro atoms. The third kappa shape index (κ3) is 5.24. The van der Waals surface area contributed by atoms with Crippen molar-refractivity contribution < 1.29 is 18.7 Å². The van der Waals surface area contributed by atoms with E-state index < -0.39 is 0 Å². The standard InChI is InChI=1S/C26H22FIN2O3/c1-3-32-24-15-19(14-23(28)25(24)33-16-18-8-7-9-20(27)12-18)13-22-17(2)29-30(26(22)31)21-10-5-4-6-11-21/h4-15H,3,16H2,1-2H3/b22-13+. The molecule has 0 atom stereocenters. The Kier molecular flexibility index (Phi) is 7.08. The van der Waals surface area contributed by atoms with Crippen molar-refractivity contribution in [1.82, 2.24) is 0 Å². The predicted molar refractivity (Wildman–Crippen MR) is 136 cm³/mol. The smallest absolute Gasteiger partial charge is 0.280 e. The van der Waals surface area contributed by atoms with Crippen molar-refractivity contribution in [2.75, 3.05) is 11.6 Å². The maximum atomic E-state index is 13.5. The molecule has 0 N–H and O–H groups in total. The van der Waals surface area contributed by atoms with E-state index in [9.17, 15) is 9.18 Å². The van der Waals surface area contributed by atoms with Gasteiger partial charge in [-0.2, -0.15) is 10.1 Å². The Hall–Kier alpha value is -3.20. The second-order valence-corrected chi connectivity index (χ2v) is 8.54. The van der Waals surface area contributed by atoms with Crippen LogP contribution in [0.1, 0.15) is 25.0 Å². The maximum Gasteiger partial charge on any atom is 0.280 e. The average Bonchev–Trinajstić information content (AvgIpc) is 3.08. The molecule has 0 aliphatic carbocycles. The minimum atomic E-state index is -0.305. The molecule has 0 aromatic heterocycles. The number of anilines is 1. The van der Waals surface area contributed by atoms with Crippen LogP contribution in [0.15, 0.2) is 77.4 Å². The van der Waals surface area contributed by atoms with E-state index in [1.54, 1.807) is 12.1 Å². The molecule has 1 aliphatic heterocycles. The highest BCUT2D eigenvalue weighted by Gasteiger charge is 2.28. The summed E-state index contributed by atoms with van der Waals surface area (Å²) in [6, 6.07) is 19.4. The van der Waals surface area contributed by atoms with Gasteiger partial charge in [-0.15, -0.1) is 0 Å². The van der Waals surface area contributed by atoms with E-state index in [-0.39, 0.29) is 18.3 Å². The number of para-hydroxylation sites is 1. The fraction of sp³-hybridized carbons (Fsp3) is 0.154. The summed E-state index contributed by atoms with van der Waals surface area (Å²) in [6.07, 6.45) is 1.81. The number of hydrogen-bond donors (Lipinski definition) is 0. The van der Waals surface area contributed by atoms with Gasteiger partial charge in [0.15, 0.2) is 11.5 Å². The first-order chi connectivity index (χ1) is 16.0. The maximum absolute atomic E-state index is 13.5. The van der Waals surface area contributed by atoms with Gasteiger partial charge in [0, 0.05) is 0 Å². The summed E-state index contributed by atoms with van der Waals surface area (Å²) in [5.74, 6) is 0.657. The average molecular weight is 556 g/mol. The van der Waals surface area contributed by atoms with Crippen molar-refractivity contribution in [2.45, 2.75) is 20.5 Å². The Balaban J connectivity index is 1.61. The number of carbonyl (C=O) groups excluding carboxylic acids is 1. The summed E-state index contributed by atoms with van der Waals surface area (Å²) in [4.78, 5) is 13.0. The molecule has 0 radical (unpaired) electrons. The highest BCUT2D eigenvalue weighted by Crippen LogP contribution is 2.36. The monoisotopic (exact) mass is 556 g/mol. The normalized spacial score (nSPS) is 14.5. The van der Waals surface area contributed by atoms with E-state index in [1.165, 1.54) is 17.1 Å². The molecule has 0 saturated heterocycles. The van der Waals surface area contributed by atoms with E-state index in [0.717, 1.165) is 20.4 Å². The Labute approximate surface area is 205 Å². The topological polar surface area (TPSA) is 51.1 Å². The zero-order valence-corrected chi connectivity index (χ0v) is 20.4. The Morgan fingerprint density at radius 3 is 2.58 bits per heavy atom. The summed E-state index contributed by atoms with van der Waals surface area (Å²) in [6.45, 7) is 4.37. The SMILES string of the molecule is CCOc1cc(/C=C2/C(=O)N(c3ccccc3)N=C2C)cc(I)c1OCc1cccc(F)c1. The lowest BCUT2D eigenvalue weighted by Gasteiger charge is -2.15. The van der Waals surface area contributed by atoms with Gasteiger partial charge in [-0.25, -0.2) is 4.39 Å². The second-order valence-electron chi connectivity index (χ2n) is 7.38. The molecule has 1 heterocycles. The van der Waals surface area contributed by atoms with Gasteiger partial charge in [-0.1, -0.05) is 30.3 Å². The number of amides is 1. The molecule has 168 valence electrons. The zero-order chi connectivity index (χ0) is 23.4. The van der Waals surface area contributed by atoms with Gasteiger partial charge in [0.25, 0.3) is 5.91 Å². The molecule has 3 aromatic rings. The fourth-order valence-electron chi connectivity index (χ4n) is 3.45. The van der Waals surface area contributed by atoms with Gasteiger partial charge in [0.05, 0.1) is 27.1 Å². The highest BCUT2D eigenvalue weighted by molar-refractivity contribution is 14.1. The van der Waals surface area contributed by atoms with Gasteiger partial charge < -0.3 is 9.47 Å². The largest absolute Gasteiger partial charge is 0.490 e. The number of hydrazone groups is 1. The number of rotatable bonds is 7. The number of nitrogens with zero attached hydrogens (tertiary/aromatic N) is 2. The van der Waals surface area contributed by atoms with Crippen LogP contribution < -0.4 is 14.5 Å². The summed E-state index contributed by atoms with van der Waals surface area (Å²) >= 11 is 2.18. The van der Waals surface area contributed by atoms with Gasteiger partial charge in [0.2, 0.25) is 0 Å². The molecule has 33 heavy (non-hydrogen) atoms. The van der Waals surface area contributed by atoms with Crippen molar-refractivity contribution in [1.29, 1.82) is 0 Å². The van der Waals surface area contributed by atoms with E-state index in [1.807, 2.05) is 62.4 Å². The molecule has 1 aliphatic rings. The molecule has 0 saturated carbocycles. The van der Waals surface area contributed by atoms with Crippen LogP contribution in [0.5, 0.6) is 11.5 Å². The summed E-state index contributed by atoms with van der Waals surface area (Å²) in [5.41, 5.74) is 3.40. The number of hydrogen-bond acceptors (Lipinski definition) is 4. The van der Waals surface area contributed by atoms with Crippen LogP contribution in [0.25, 0.3) is 6.08 Å². The number of carbonyl (C=O) groups is 1. The molecule has 5 nitrogen and oxygen atoms in total. The Morgan fingerprint density at radius 1 is 1.06 bits per heavy atom. The summed E-state index contributed by atoms with van der Waals surface area (Å²) in [5, 5.41) is 5.84. The van der Waals surface area contributed by atoms with Crippen molar-refractivity contribution in [3.8, 4) is 11.5 Å². The first-order valence-electron chi connectivity index (χ1n) is 10.5. The fourth-order valence-corrected chi connectivity index (χ4v) is 4.23. The van der Waals surface area contributed by atoms with Crippen LogP contribution in [-0.4, -0.2) is 18.2 Å². The first-order valence-corrected chi connectivity index (χ1v) is 11.5. The van der Waals surface area contributed by atoms with Crippen LogP contribution in [0.3, 0.4) is 0 Å². The predicted octanol–water partition coefficient (Wildman–Crippen LogP) is 6.21. The number of halogens is 2. The van der Waals surface area contributed by atoms with Crippen molar-refractivity contribution >= 4 is 46.0 Å². The third-order valence-electron chi connectivity index (χ3n) is 4.98. The minimum Gasteiger partial charge on any atom is -0.490 e. The van der Waals surface area contributed by atoms with Gasteiger partial charge in [0.1, 0.15) is 12.4 Å². The van der Waals surface area contributed by atoms with Gasteiger partial charge in [-0.3, -0.25) is 4.79 Å². The lowest BCUT2D eigenvalue weighted by molar-refractivity contribution is -0.114. The zero-order valence-electron chi connectivity index (χ0n) is 18.2. The lowest BCUT2D eigenvalue weighted by Crippen LogP contribution is -2.21. The van der Waals surface area contributed by atoms with Crippen LogP contribution in [0.4, 0.5) is 10.1 Å². The first kappa shape index (κ1) is 23.0. The summed E-state index contributed by atoms with van der Waals surface area (Å²) in [7, 11) is 0. The highest BCUT2D eigenvalue weighted by atomic mass is 127. The van der Waals surface area contributed by atoms with Crippen molar-refractivity contribution in [3.05, 3.63) is 92.8 Å². The Bertz CT molecular complexity index is 1240.